The van der Waals surface area contributed by atoms with E-state index in [0.717, 1.165) is 11.8 Å². The lowest BCUT2D eigenvalue weighted by Crippen LogP contribution is -2.34. The summed E-state index contributed by atoms with van der Waals surface area (Å²) in [5.74, 6) is 1.95. The van der Waals surface area contributed by atoms with Crippen LogP contribution in [0.4, 0.5) is 0 Å². The third-order valence-electron chi connectivity index (χ3n) is 1.21. The molecular weight excluding hydrogens is 154 g/mol. The van der Waals surface area contributed by atoms with Crippen LogP contribution < -0.4 is 0 Å². The van der Waals surface area contributed by atoms with Gasteiger partial charge in [0.25, 0.3) is 0 Å². The van der Waals surface area contributed by atoms with Gasteiger partial charge in [0.15, 0.2) is 0 Å². The van der Waals surface area contributed by atoms with Crippen molar-refractivity contribution in [2.75, 3.05) is 16.8 Å². The predicted octanol–water partition coefficient (Wildman–Crippen LogP) is 0.979. The van der Waals surface area contributed by atoms with Crippen LogP contribution in [0.2, 0.25) is 0 Å². The minimum atomic E-state index is -0.273. The first-order valence-electron chi connectivity index (χ1n) is 2.88. The van der Waals surface area contributed by atoms with E-state index in [1.165, 1.54) is 5.08 Å². The van der Waals surface area contributed by atoms with E-state index < -0.39 is 0 Å². The molecule has 1 atom stereocenters. The second-order valence-corrected chi connectivity index (χ2v) is 4.28. The Balaban J connectivity index is 2.23. The van der Waals surface area contributed by atoms with Crippen LogP contribution in [0.25, 0.3) is 0 Å². The molecule has 1 N–H and O–H groups in total. The van der Waals surface area contributed by atoms with E-state index in [1.807, 2.05) is 35.3 Å². The summed E-state index contributed by atoms with van der Waals surface area (Å²) in [7, 11) is 0. The minimum Gasteiger partial charge on any atom is -0.379 e. The molecule has 9 heavy (non-hydrogen) atoms. The van der Waals surface area contributed by atoms with Crippen LogP contribution in [0, 0.1) is 0 Å². The second kappa shape index (κ2) is 3.71. The smallest absolute Gasteiger partial charge is 0.105 e. The number of thioether (sulfide) groups is 2. The summed E-state index contributed by atoms with van der Waals surface area (Å²) < 4.78 is 0. The highest BCUT2D eigenvalue weighted by molar-refractivity contribution is 8.16. The van der Waals surface area contributed by atoms with E-state index >= 15 is 0 Å². The van der Waals surface area contributed by atoms with E-state index in [0.29, 0.717) is 0 Å². The van der Waals surface area contributed by atoms with Gasteiger partial charge in [0.1, 0.15) is 6.23 Å². The predicted molar refractivity (Wildman–Crippen MR) is 43.3 cm³/mol. The highest BCUT2D eigenvalue weighted by atomic mass is 32.2. The van der Waals surface area contributed by atoms with Gasteiger partial charge in [-0.2, -0.15) is 0 Å². The van der Waals surface area contributed by atoms with Crippen molar-refractivity contribution < 1.29 is 5.11 Å². The molecule has 0 radical (unpaired) electrons. The molecule has 0 aromatic heterocycles. The third-order valence-corrected chi connectivity index (χ3v) is 3.57. The Morgan fingerprint density at radius 2 is 2.00 bits per heavy atom. The lowest BCUT2D eigenvalue weighted by atomic mass is 10.6. The van der Waals surface area contributed by atoms with Crippen molar-refractivity contribution in [1.82, 2.24) is 4.90 Å². The first kappa shape index (κ1) is 7.72. The van der Waals surface area contributed by atoms with Crippen molar-refractivity contribution >= 4 is 23.5 Å². The number of nitrogens with zero attached hydrogens (tertiary/aromatic N) is 1. The fraction of sp³-hybridized carbons (Fsp3) is 1.00. The summed E-state index contributed by atoms with van der Waals surface area (Å²) >= 11 is 3.72. The Kier molecular flexibility index (Phi) is 3.18. The largest absolute Gasteiger partial charge is 0.379 e. The molecule has 2 nitrogen and oxygen atoms in total. The fourth-order valence-electron chi connectivity index (χ4n) is 0.621. The van der Waals surface area contributed by atoms with Gasteiger partial charge in [-0.3, -0.25) is 4.90 Å². The van der Waals surface area contributed by atoms with Gasteiger partial charge in [0.05, 0.1) is 0 Å². The van der Waals surface area contributed by atoms with Crippen LogP contribution in [-0.2, 0) is 0 Å². The van der Waals surface area contributed by atoms with Crippen molar-refractivity contribution in [3.05, 3.63) is 0 Å². The lowest BCUT2D eigenvalue weighted by Gasteiger charge is -2.27. The van der Waals surface area contributed by atoms with Crippen molar-refractivity contribution in [1.29, 1.82) is 0 Å². The van der Waals surface area contributed by atoms with Crippen molar-refractivity contribution in [2.24, 2.45) is 0 Å². The maximum absolute atomic E-state index is 9.08. The standard InChI is InChI=1S/C5H11NOS2/c1-5(7)6-2-8-4-9-3-6/h5,7H,2-4H2,1H3. The van der Waals surface area contributed by atoms with Gasteiger partial charge in [0.2, 0.25) is 0 Å². The fourth-order valence-corrected chi connectivity index (χ4v) is 2.89. The average molecular weight is 165 g/mol. The summed E-state index contributed by atoms with van der Waals surface area (Å²) in [6.07, 6.45) is -0.273. The van der Waals surface area contributed by atoms with Gasteiger partial charge >= 0.3 is 0 Å². The lowest BCUT2D eigenvalue weighted by molar-refractivity contribution is 0.0479. The van der Waals surface area contributed by atoms with Gasteiger partial charge in [-0.25, -0.2) is 0 Å². The molecule has 0 bridgehead atoms. The summed E-state index contributed by atoms with van der Waals surface area (Å²) in [5, 5.41) is 10.2. The molecule has 4 heteroatoms. The second-order valence-electron chi connectivity index (χ2n) is 2.00. The zero-order valence-corrected chi connectivity index (χ0v) is 7.04. The molecule has 1 fully saturated rings. The Bertz CT molecular complexity index is 83.0. The molecule has 0 spiro atoms. The van der Waals surface area contributed by atoms with Gasteiger partial charge in [-0.15, -0.1) is 23.5 Å². The van der Waals surface area contributed by atoms with Crippen LogP contribution in [0.1, 0.15) is 6.92 Å². The number of rotatable bonds is 1. The molecule has 0 aromatic rings. The number of aliphatic hydroxyl groups excluding tert-OH is 1. The molecular formula is C5H11NOS2. The topological polar surface area (TPSA) is 23.5 Å². The summed E-state index contributed by atoms with van der Waals surface area (Å²) in [6.45, 7) is 1.81. The number of hydrogen-bond donors (Lipinski definition) is 1. The molecule has 1 rings (SSSR count). The quantitative estimate of drug-likeness (QED) is 0.625. The summed E-state index contributed by atoms with van der Waals surface area (Å²) in [6, 6.07) is 0. The number of aliphatic hydroxyl groups is 1. The van der Waals surface area contributed by atoms with Crippen molar-refractivity contribution in [2.45, 2.75) is 13.2 Å². The number of hydrogen-bond acceptors (Lipinski definition) is 4. The van der Waals surface area contributed by atoms with Gasteiger partial charge in [-0.05, 0) is 6.92 Å². The van der Waals surface area contributed by atoms with E-state index in [2.05, 4.69) is 0 Å². The van der Waals surface area contributed by atoms with Crippen molar-refractivity contribution in [3.8, 4) is 0 Å². The molecule has 1 aliphatic rings. The first-order valence-corrected chi connectivity index (χ1v) is 5.19. The first-order chi connectivity index (χ1) is 4.30. The van der Waals surface area contributed by atoms with Crippen LogP contribution in [-0.4, -0.2) is 33.1 Å². The van der Waals surface area contributed by atoms with Crippen molar-refractivity contribution in [3.63, 3.8) is 0 Å². The van der Waals surface area contributed by atoms with E-state index in [1.54, 1.807) is 0 Å². The van der Waals surface area contributed by atoms with Crippen LogP contribution in [0.3, 0.4) is 0 Å². The van der Waals surface area contributed by atoms with E-state index in [-0.39, 0.29) is 6.23 Å². The highest BCUT2D eigenvalue weighted by Crippen LogP contribution is 2.22. The highest BCUT2D eigenvalue weighted by Gasteiger charge is 2.13. The molecule has 0 aliphatic carbocycles. The maximum Gasteiger partial charge on any atom is 0.105 e. The third kappa shape index (κ3) is 2.37. The van der Waals surface area contributed by atoms with Crippen LogP contribution in [0.15, 0.2) is 0 Å². The van der Waals surface area contributed by atoms with E-state index in [4.69, 9.17) is 5.11 Å². The van der Waals surface area contributed by atoms with Gasteiger partial charge < -0.3 is 5.11 Å². The van der Waals surface area contributed by atoms with E-state index in [9.17, 15) is 0 Å². The Hall–Kier alpha value is 0.620. The zero-order chi connectivity index (χ0) is 6.69. The van der Waals surface area contributed by atoms with Crippen LogP contribution >= 0.6 is 23.5 Å². The van der Waals surface area contributed by atoms with Gasteiger partial charge in [0, 0.05) is 16.8 Å². The monoisotopic (exact) mass is 165 g/mol. The Morgan fingerprint density at radius 3 is 2.33 bits per heavy atom. The summed E-state index contributed by atoms with van der Waals surface area (Å²) in [5.41, 5.74) is 0. The normalized spacial score (nSPS) is 26.0. The SMILES string of the molecule is CC(O)N1CSCSC1. The Morgan fingerprint density at radius 1 is 1.44 bits per heavy atom. The molecule has 0 aromatic carbocycles. The molecule has 0 saturated carbocycles. The molecule has 0 amide bonds. The van der Waals surface area contributed by atoms with Gasteiger partial charge in [-0.1, -0.05) is 0 Å². The average Bonchev–Trinajstić information content (AvgIpc) is 1.90. The minimum absolute atomic E-state index is 0.273. The Labute approximate surface area is 64.0 Å². The molecule has 1 heterocycles. The molecule has 1 unspecified atom stereocenters. The molecule has 1 aliphatic heterocycles. The molecule has 54 valence electrons. The van der Waals surface area contributed by atoms with Crippen LogP contribution in [0.5, 0.6) is 0 Å². The zero-order valence-electron chi connectivity index (χ0n) is 5.41. The maximum atomic E-state index is 9.08. The summed E-state index contributed by atoms with van der Waals surface area (Å²) in [4.78, 5) is 2.04. The molecule has 1 saturated heterocycles.